The smallest absolute Gasteiger partial charge is 0.125 e. The first kappa shape index (κ1) is 14.5. The molecule has 3 rings (SSSR count). The zero-order valence-corrected chi connectivity index (χ0v) is 13.5. The minimum atomic E-state index is -0.0620. The normalized spacial score (nSPS) is 21.5. The van der Waals surface area contributed by atoms with E-state index in [2.05, 4.69) is 19.2 Å². The van der Waals surface area contributed by atoms with E-state index in [0.29, 0.717) is 0 Å². The first-order valence-corrected chi connectivity index (χ1v) is 8.95. The highest BCUT2D eigenvalue weighted by molar-refractivity contribution is 7.11. The van der Waals surface area contributed by atoms with Crippen LogP contribution in [0.3, 0.4) is 0 Å². The molecule has 1 heterocycles. The maximum Gasteiger partial charge on any atom is 0.125 e. The molecule has 2 saturated carbocycles. The van der Waals surface area contributed by atoms with Crippen LogP contribution in [0.15, 0.2) is 0 Å². The zero-order valence-electron chi connectivity index (χ0n) is 12.7. The van der Waals surface area contributed by atoms with Gasteiger partial charge in [0.25, 0.3) is 0 Å². The highest BCUT2D eigenvalue weighted by atomic mass is 32.1. The molecule has 2 aliphatic rings. The second-order valence-corrected chi connectivity index (χ2v) is 7.10. The Kier molecular flexibility index (Phi) is 4.43. The molecular formula is C16H26N2OS. The second-order valence-electron chi connectivity index (χ2n) is 6.02. The molecule has 0 saturated heterocycles. The molecule has 0 spiro atoms. The van der Waals surface area contributed by atoms with Gasteiger partial charge in [0.2, 0.25) is 0 Å². The minimum absolute atomic E-state index is 0.0620. The van der Waals surface area contributed by atoms with Crippen molar-refractivity contribution in [3.05, 3.63) is 15.6 Å². The van der Waals surface area contributed by atoms with Gasteiger partial charge in [-0.25, -0.2) is 4.98 Å². The van der Waals surface area contributed by atoms with Crippen molar-refractivity contribution in [2.45, 2.75) is 70.4 Å². The number of aromatic nitrogens is 1. The van der Waals surface area contributed by atoms with Gasteiger partial charge in [0.15, 0.2) is 0 Å². The Morgan fingerprint density at radius 3 is 2.65 bits per heavy atom. The van der Waals surface area contributed by atoms with Crippen LogP contribution in [-0.2, 0) is 16.9 Å². The maximum atomic E-state index is 6.18. The molecule has 0 radical (unpaired) electrons. The number of thiazole rings is 1. The lowest BCUT2D eigenvalue weighted by Crippen LogP contribution is -2.26. The molecule has 2 fully saturated rings. The van der Waals surface area contributed by atoms with Crippen LogP contribution in [0.5, 0.6) is 0 Å². The molecule has 1 N–H and O–H groups in total. The molecule has 112 valence electrons. The van der Waals surface area contributed by atoms with Gasteiger partial charge in [-0.2, -0.15) is 0 Å². The molecule has 20 heavy (non-hydrogen) atoms. The fraction of sp³-hybridized carbons (Fsp3) is 0.812. The van der Waals surface area contributed by atoms with Crippen molar-refractivity contribution in [1.82, 2.24) is 10.3 Å². The monoisotopic (exact) mass is 294 g/mol. The summed E-state index contributed by atoms with van der Waals surface area (Å²) >= 11 is 1.91. The summed E-state index contributed by atoms with van der Waals surface area (Å²) < 4.78 is 6.18. The van der Waals surface area contributed by atoms with Crippen molar-refractivity contribution in [2.24, 2.45) is 0 Å². The minimum Gasteiger partial charge on any atom is -0.368 e. The quantitative estimate of drug-likeness (QED) is 0.827. The Balaban J connectivity index is 1.88. The number of rotatable bonds is 7. The number of ether oxygens (including phenoxy) is 1. The van der Waals surface area contributed by atoms with Crippen LogP contribution in [0, 0.1) is 0 Å². The summed E-state index contributed by atoms with van der Waals surface area (Å²) in [4.78, 5) is 6.51. The van der Waals surface area contributed by atoms with Crippen molar-refractivity contribution >= 4 is 11.3 Å². The van der Waals surface area contributed by atoms with Crippen molar-refractivity contribution in [3.8, 4) is 0 Å². The Hall–Kier alpha value is -0.450. The lowest BCUT2D eigenvalue weighted by atomic mass is 10.0. The molecule has 1 aromatic heterocycles. The van der Waals surface area contributed by atoms with E-state index in [0.717, 1.165) is 38.5 Å². The van der Waals surface area contributed by atoms with E-state index in [9.17, 15) is 0 Å². The van der Waals surface area contributed by atoms with Gasteiger partial charge in [-0.15, -0.1) is 11.3 Å². The van der Waals surface area contributed by atoms with Crippen LogP contribution in [0.25, 0.3) is 0 Å². The Morgan fingerprint density at radius 1 is 1.30 bits per heavy atom. The van der Waals surface area contributed by atoms with E-state index in [1.807, 2.05) is 11.3 Å². The molecule has 0 aliphatic heterocycles. The first-order valence-electron chi connectivity index (χ1n) is 8.14. The molecule has 1 aromatic rings. The van der Waals surface area contributed by atoms with Crippen LogP contribution in [0.2, 0.25) is 0 Å². The molecule has 2 aliphatic carbocycles. The van der Waals surface area contributed by atoms with E-state index in [4.69, 9.17) is 9.72 Å². The van der Waals surface area contributed by atoms with E-state index in [-0.39, 0.29) is 5.60 Å². The summed E-state index contributed by atoms with van der Waals surface area (Å²) in [6, 6.07) is 0. The highest BCUT2D eigenvalue weighted by Gasteiger charge is 2.41. The lowest BCUT2D eigenvalue weighted by molar-refractivity contribution is -0.0392. The van der Waals surface area contributed by atoms with E-state index >= 15 is 0 Å². The SMILES string of the molecule is CCNCc1sc(C2(OCC)CCCC2)nc1C1CC1. The van der Waals surface area contributed by atoms with Gasteiger partial charge < -0.3 is 10.1 Å². The largest absolute Gasteiger partial charge is 0.368 e. The molecule has 3 nitrogen and oxygen atoms in total. The van der Waals surface area contributed by atoms with Gasteiger partial charge in [0.05, 0.1) is 5.69 Å². The van der Waals surface area contributed by atoms with Crippen LogP contribution >= 0.6 is 11.3 Å². The van der Waals surface area contributed by atoms with E-state index < -0.39 is 0 Å². The Morgan fingerprint density at radius 2 is 2.05 bits per heavy atom. The summed E-state index contributed by atoms with van der Waals surface area (Å²) in [5.74, 6) is 0.730. The predicted octanol–water partition coefficient (Wildman–Crippen LogP) is 3.94. The van der Waals surface area contributed by atoms with Gasteiger partial charge in [-0.1, -0.05) is 19.8 Å². The summed E-state index contributed by atoms with van der Waals surface area (Å²) in [6.45, 7) is 7.06. The molecule has 0 amide bonds. The van der Waals surface area contributed by atoms with Gasteiger partial charge in [0.1, 0.15) is 10.6 Å². The van der Waals surface area contributed by atoms with Gasteiger partial charge in [-0.3, -0.25) is 0 Å². The first-order chi connectivity index (χ1) is 9.79. The van der Waals surface area contributed by atoms with Gasteiger partial charge >= 0.3 is 0 Å². The number of nitrogens with one attached hydrogen (secondary N) is 1. The zero-order chi connectivity index (χ0) is 14.0. The summed E-state index contributed by atoms with van der Waals surface area (Å²) in [6.07, 6.45) is 7.51. The van der Waals surface area contributed by atoms with Crippen LogP contribution in [0.4, 0.5) is 0 Å². The highest BCUT2D eigenvalue weighted by Crippen LogP contribution is 2.48. The van der Waals surface area contributed by atoms with E-state index in [1.165, 1.54) is 41.3 Å². The molecular weight excluding hydrogens is 268 g/mol. The van der Waals surface area contributed by atoms with Crippen LogP contribution < -0.4 is 5.32 Å². The molecule has 0 unspecified atom stereocenters. The van der Waals surface area contributed by atoms with Crippen molar-refractivity contribution in [1.29, 1.82) is 0 Å². The van der Waals surface area contributed by atoms with Gasteiger partial charge in [0, 0.05) is 23.9 Å². The van der Waals surface area contributed by atoms with Gasteiger partial charge in [-0.05, 0) is 39.2 Å². The van der Waals surface area contributed by atoms with Crippen molar-refractivity contribution in [2.75, 3.05) is 13.2 Å². The average molecular weight is 294 g/mol. The molecule has 0 atom stereocenters. The fourth-order valence-electron chi connectivity index (χ4n) is 3.24. The van der Waals surface area contributed by atoms with Crippen molar-refractivity contribution < 1.29 is 4.74 Å². The number of hydrogen-bond donors (Lipinski definition) is 1. The molecule has 4 heteroatoms. The fourth-order valence-corrected chi connectivity index (χ4v) is 4.56. The van der Waals surface area contributed by atoms with Crippen LogP contribution in [0.1, 0.15) is 73.9 Å². The predicted molar refractivity (Wildman–Crippen MR) is 83.2 cm³/mol. The topological polar surface area (TPSA) is 34.1 Å². The Bertz CT molecular complexity index is 447. The molecule has 0 bridgehead atoms. The average Bonchev–Trinajstić information content (AvgIpc) is 3.02. The summed E-state index contributed by atoms with van der Waals surface area (Å²) in [7, 11) is 0. The second kappa shape index (κ2) is 6.12. The third-order valence-corrected chi connectivity index (χ3v) is 5.71. The Labute approximate surface area is 126 Å². The third-order valence-electron chi connectivity index (χ3n) is 4.45. The van der Waals surface area contributed by atoms with E-state index in [1.54, 1.807) is 0 Å². The lowest BCUT2D eigenvalue weighted by Gasteiger charge is -2.26. The van der Waals surface area contributed by atoms with Crippen LogP contribution in [-0.4, -0.2) is 18.1 Å². The number of hydrogen-bond acceptors (Lipinski definition) is 4. The maximum absolute atomic E-state index is 6.18. The number of nitrogens with zero attached hydrogens (tertiary/aromatic N) is 1. The van der Waals surface area contributed by atoms with Crippen molar-refractivity contribution in [3.63, 3.8) is 0 Å². The third kappa shape index (κ3) is 2.78. The summed E-state index contributed by atoms with van der Waals surface area (Å²) in [5, 5.41) is 4.72. The molecule has 0 aromatic carbocycles. The standard InChI is InChI=1S/C16H26N2OS/c1-3-17-11-13-14(12-7-8-12)18-15(20-13)16(19-4-2)9-5-6-10-16/h12,17H,3-11H2,1-2H3. The summed E-state index contributed by atoms with van der Waals surface area (Å²) in [5.41, 5.74) is 1.31.